The second-order valence-corrected chi connectivity index (χ2v) is 4.34. The van der Waals surface area contributed by atoms with Crippen LogP contribution in [0.3, 0.4) is 0 Å². The Morgan fingerprint density at radius 3 is 2.76 bits per heavy atom. The highest BCUT2D eigenvalue weighted by Gasteiger charge is 2.28. The summed E-state index contributed by atoms with van der Waals surface area (Å²) in [6.07, 6.45) is 0.154. The highest BCUT2D eigenvalue weighted by atomic mass is 35.5. The zero-order valence-corrected chi connectivity index (χ0v) is 10.1. The summed E-state index contributed by atoms with van der Waals surface area (Å²) >= 11 is 5.89. The predicted molar refractivity (Wildman–Crippen MR) is 65.4 cm³/mol. The maximum atomic E-state index is 10.9. The molecule has 0 saturated heterocycles. The number of rotatable bonds is 5. The van der Waals surface area contributed by atoms with Crippen LogP contribution in [0.5, 0.6) is 5.75 Å². The Hall–Kier alpha value is -1.24. The number of halogens is 1. The Bertz CT molecular complexity index is 425. The molecule has 0 fully saturated rings. The predicted octanol–water partition coefficient (Wildman–Crippen LogP) is 0.322. The van der Waals surface area contributed by atoms with Crippen molar-refractivity contribution < 1.29 is 19.6 Å². The molecule has 1 aromatic carbocycles. The minimum atomic E-state index is -1.34. The second-order valence-electron chi connectivity index (χ2n) is 3.94. The zero-order valence-electron chi connectivity index (χ0n) is 9.31. The third-order valence-electron chi connectivity index (χ3n) is 2.28. The van der Waals surface area contributed by atoms with Gasteiger partial charge in [0.15, 0.2) is 0 Å². The molecule has 0 spiro atoms. The molecule has 5 nitrogen and oxygen atoms in total. The number of carboxylic acid groups (broad SMARTS) is 1. The van der Waals surface area contributed by atoms with E-state index in [2.05, 4.69) is 0 Å². The monoisotopic (exact) mass is 257 g/mol. The van der Waals surface area contributed by atoms with Crippen LogP contribution in [0.1, 0.15) is 12.5 Å². The van der Waals surface area contributed by atoms with E-state index >= 15 is 0 Å². The molecule has 1 rings (SSSR count). The van der Waals surface area contributed by atoms with E-state index in [1.165, 1.54) is 6.92 Å². The van der Waals surface area contributed by atoms with E-state index in [4.69, 9.17) is 32.1 Å². The molecular formula is C10H13BClNO4. The summed E-state index contributed by atoms with van der Waals surface area (Å²) in [4.78, 5) is 10.9. The Kier molecular flexibility index (Phi) is 4.39. The van der Waals surface area contributed by atoms with Gasteiger partial charge < -0.3 is 20.5 Å². The first-order chi connectivity index (χ1) is 7.86. The van der Waals surface area contributed by atoms with Gasteiger partial charge in [0.05, 0.1) is 5.02 Å². The number of nitrogens with two attached hydrogens (primary N) is 1. The number of hydrogen-bond acceptors (Lipinski definition) is 4. The summed E-state index contributed by atoms with van der Waals surface area (Å²) in [5.74, 6) is -0.740. The van der Waals surface area contributed by atoms with E-state index in [0.717, 1.165) is 0 Å². The number of hydrogen-bond donors (Lipinski definition) is 3. The molecule has 0 aliphatic carbocycles. The molecule has 0 heterocycles. The largest absolute Gasteiger partial charge is 0.538 e. The van der Waals surface area contributed by atoms with Crippen molar-refractivity contribution in [1.82, 2.24) is 0 Å². The summed E-state index contributed by atoms with van der Waals surface area (Å²) in [7, 11) is -0.469. The molecule has 0 aliphatic heterocycles. The van der Waals surface area contributed by atoms with Crippen LogP contribution in [0.2, 0.25) is 5.02 Å². The van der Waals surface area contributed by atoms with Gasteiger partial charge in [-0.25, -0.2) is 0 Å². The quantitative estimate of drug-likeness (QED) is 0.661. The molecule has 0 radical (unpaired) electrons. The van der Waals surface area contributed by atoms with Crippen molar-refractivity contribution in [3.63, 3.8) is 0 Å². The van der Waals surface area contributed by atoms with Gasteiger partial charge in [-0.1, -0.05) is 17.7 Å². The summed E-state index contributed by atoms with van der Waals surface area (Å²) in [5, 5.41) is 17.8. The maximum Gasteiger partial charge on any atom is 0.504 e. The second kappa shape index (κ2) is 5.40. The standard InChI is InChI=1S/C10H13BClNO4/c1-10(13,9(14)15)5-6-2-3-8(17-11-16)7(12)4-6/h2-4,11,16H,5,13H2,1H3,(H,14,15)/t10-/m1/s1. The van der Waals surface area contributed by atoms with Crippen molar-refractivity contribution in [3.05, 3.63) is 28.8 Å². The Morgan fingerprint density at radius 2 is 2.29 bits per heavy atom. The first-order valence-corrected chi connectivity index (χ1v) is 5.29. The van der Waals surface area contributed by atoms with Gasteiger partial charge in [-0.15, -0.1) is 0 Å². The highest BCUT2D eigenvalue weighted by molar-refractivity contribution is 6.32. The number of carboxylic acids is 1. The molecule has 0 unspecified atom stereocenters. The Morgan fingerprint density at radius 1 is 1.65 bits per heavy atom. The lowest BCUT2D eigenvalue weighted by Gasteiger charge is -2.19. The maximum absolute atomic E-state index is 10.9. The van der Waals surface area contributed by atoms with Gasteiger partial charge in [-0.3, -0.25) is 4.79 Å². The molecule has 17 heavy (non-hydrogen) atoms. The lowest BCUT2D eigenvalue weighted by atomic mass is 9.94. The van der Waals surface area contributed by atoms with E-state index < -0.39 is 19.2 Å². The van der Waals surface area contributed by atoms with Crippen LogP contribution in [-0.2, 0) is 11.2 Å². The average Bonchev–Trinajstić information content (AvgIpc) is 2.21. The minimum absolute atomic E-state index is 0.154. The van der Waals surface area contributed by atoms with Crippen LogP contribution in [0.15, 0.2) is 18.2 Å². The average molecular weight is 257 g/mol. The SMILES string of the molecule is C[C@@](N)(Cc1ccc(OBO)c(Cl)c1)C(=O)O. The first kappa shape index (κ1) is 13.8. The lowest BCUT2D eigenvalue weighted by Crippen LogP contribution is -2.46. The number of carbonyl (C=O) groups is 1. The lowest BCUT2D eigenvalue weighted by molar-refractivity contribution is -0.142. The fraction of sp³-hybridized carbons (Fsp3) is 0.300. The summed E-state index contributed by atoms with van der Waals surface area (Å²) in [5.41, 5.74) is 4.97. The van der Waals surface area contributed by atoms with E-state index in [0.29, 0.717) is 16.3 Å². The molecule has 0 amide bonds. The molecule has 0 bridgehead atoms. The van der Waals surface area contributed by atoms with Gasteiger partial charge >= 0.3 is 13.7 Å². The molecular weight excluding hydrogens is 244 g/mol. The third kappa shape index (κ3) is 3.62. The van der Waals surface area contributed by atoms with Crippen molar-refractivity contribution in [2.24, 2.45) is 5.73 Å². The topological polar surface area (TPSA) is 92.8 Å². The fourth-order valence-corrected chi connectivity index (χ4v) is 1.60. The van der Waals surface area contributed by atoms with Crippen molar-refractivity contribution >= 4 is 25.3 Å². The van der Waals surface area contributed by atoms with Crippen LogP contribution in [0.25, 0.3) is 0 Å². The number of benzene rings is 1. The van der Waals surface area contributed by atoms with Crippen LogP contribution in [0, 0.1) is 0 Å². The van der Waals surface area contributed by atoms with Crippen LogP contribution < -0.4 is 10.4 Å². The van der Waals surface area contributed by atoms with Gasteiger partial charge in [-0.05, 0) is 24.6 Å². The molecule has 0 aliphatic rings. The van der Waals surface area contributed by atoms with E-state index in [1.807, 2.05) is 0 Å². The first-order valence-electron chi connectivity index (χ1n) is 4.91. The van der Waals surface area contributed by atoms with Gasteiger partial charge in [0.1, 0.15) is 11.3 Å². The van der Waals surface area contributed by atoms with Crippen molar-refractivity contribution in [2.75, 3.05) is 0 Å². The van der Waals surface area contributed by atoms with Crippen molar-refractivity contribution in [3.8, 4) is 5.75 Å². The van der Waals surface area contributed by atoms with Gasteiger partial charge in [0.25, 0.3) is 0 Å². The fourth-order valence-electron chi connectivity index (χ4n) is 1.34. The summed E-state index contributed by atoms with van der Waals surface area (Å²) in [6.45, 7) is 1.43. The van der Waals surface area contributed by atoms with Crippen molar-refractivity contribution in [2.45, 2.75) is 18.9 Å². The van der Waals surface area contributed by atoms with Crippen LogP contribution in [-0.4, -0.2) is 29.3 Å². The van der Waals surface area contributed by atoms with Crippen LogP contribution in [0.4, 0.5) is 0 Å². The molecule has 0 aromatic heterocycles. The summed E-state index contributed by atoms with van der Waals surface area (Å²) < 4.78 is 4.85. The molecule has 0 saturated carbocycles. The van der Waals surface area contributed by atoms with Gasteiger partial charge in [-0.2, -0.15) is 0 Å². The smallest absolute Gasteiger partial charge is 0.504 e. The molecule has 4 N–H and O–H groups in total. The normalized spacial score (nSPS) is 13.9. The van der Waals surface area contributed by atoms with Crippen LogP contribution >= 0.6 is 11.6 Å². The minimum Gasteiger partial charge on any atom is -0.538 e. The Balaban J connectivity index is 2.87. The molecule has 7 heteroatoms. The van der Waals surface area contributed by atoms with E-state index in [1.54, 1.807) is 18.2 Å². The van der Waals surface area contributed by atoms with E-state index in [-0.39, 0.29) is 6.42 Å². The van der Waals surface area contributed by atoms with Crippen molar-refractivity contribution in [1.29, 1.82) is 0 Å². The van der Waals surface area contributed by atoms with Gasteiger partial charge in [0, 0.05) is 6.42 Å². The molecule has 1 aromatic rings. The third-order valence-corrected chi connectivity index (χ3v) is 2.57. The molecule has 1 atom stereocenters. The van der Waals surface area contributed by atoms with E-state index in [9.17, 15) is 4.79 Å². The van der Waals surface area contributed by atoms with Gasteiger partial charge in [0.2, 0.25) is 0 Å². The number of aliphatic carboxylic acids is 1. The highest BCUT2D eigenvalue weighted by Crippen LogP contribution is 2.26. The summed E-state index contributed by atoms with van der Waals surface area (Å²) in [6, 6.07) is 4.79. The zero-order chi connectivity index (χ0) is 13.1. The molecule has 92 valence electrons. The Labute approximate surface area is 104 Å².